The first kappa shape index (κ1) is 24.5. The number of halogens is 3. The molecule has 0 aliphatic carbocycles. The summed E-state index contributed by atoms with van der Waals surface area (Å²) in [7, 11) is -3.69. The molecule has 0 fully saturated rings. The van der Waals surface area contributed by atoms with Gasteiger partial charge in [-0.1, -0.05) is 60.7 Å². The third-order valence-corrected chi connectivity index (χ3v) is 9.28. The lowest BCUT2D eigenvalue weighted by atomic mass is 9.95. The third kappa shape index (κ3) is 5.07. The Labute approximate surface area is 213 Å². The quantitative estimate of drug-likeness (QED) is 0.173. The Bertz CT molecular complexity index is 1550. The Kier molecular flexibility index (Phi) is 6.94. The van der Waals surface area contributed by atoms with Crippen LogP contribution in [0.3, 0.4) is 0 Å². The van der Waals surface area contributed by atoms with Gasteiger partial charge >= 0.3 is 0 Å². The molecule has 0 aromatic heterocycles. The van der Waals surface area contributed by atoms with Gasteiger partial charge in [0.25, 0.3) is 0 Å². The zero-order valence-corrected chi connectivity index (χ0v) is 20.6. The highest BCUT2D eigenvalue weighted by atomic mass is 31.2. The summed E-state index contributed by atoms with van der Waals surface area (Å²) >= 11 is 0. The summed E-state index contributed by atoms with van der Waals surface area (Å²) in [4.78, 5) is 0. The maximum absolute atomic E-state index is 15.2. The van der Waals surface area contributed by atoms with Crippen LogP contribution in [0.15, 0.2) is 127 Å². The smallest absolute Gasteiger partial charge is 0.171 e. The van der Waals surface area contributed by atoms with Crippen molar-refractivity contribution in [3.8, 4) is 0 Å². The molecule has 0 unspecified atom stereocenters. The fraction of sp³-hybridized carbons (Fsp3) is 0. The van der Waals surface area contributed by atoms with Crippen molar-refractivity contribution in [2.24, 2.45) is 0 Å². The Morgan fingerprint density at radius 3 is 1.59 bits per heavy atom. The first-order valence-electron chi connectivity index (χ1n) is 11.7. The van der Waals surface area contributed by atoms with Crippen molar-refractivity contribution in [1.29, 1.82) is 0 Å². The molecule has 0 N–H and O–H groups in total. The van der Waals surface area contributed by atoms with Crippen molar-refractivity contribution in [1.82, 2.24) is 0 Å². The molecule has 5 heteroatoms. The van der Waals surface area contributed by atoms with Crippen LogP contribution in [0, 0.1) is 17.5 Å². The summed E-state index contributed by atoms with van der Waals surface area (Å²) in [5.74, 6) is -1.43. The van der Waals surface area contributed by atoms with Crippen molar-refractivity contribution in [3.05, 3.63) is 162 Å². The van der Waals surface area contributed by atoms with Gasteiger partial charge in [0.05, 0.1) is 0 Å². The van der Waals surface area contributed by atoms with Crippen molar-refractivity contribution < 1.29 is 17.7 Å². The summed E-state index contributed by atoms with van der Waals surface area (Å²) in [6.45, 7) is 0. The number of hydrogen-bond donors (Lipinski definition) is 0. The van der Waals surface area contributed by atoms with Gasteiger partial charge in [-0.15, -0.1) is 0 Å². The van der Waals surface area contributed by atoms with E-state index in [2.05, 4.69) is 0 Å². The minimum Gasteiger partial charge on any atom is -0.309 e. The van der Waals surface area contributed by atoms with E-state index in [1.54, 1.807) is 0 Å². The average molecular weight is 510 g/mol. The SMILES string of the molecule is O=P(c1ccc(F)cc1)(c1ccc(F)cc1)c1ccc(F)cc1/C(=C/c1ccccc1)c1ccccc1. The van der Waals surface area contributed by atoms with E-state index in [4.69, 9.17) is 0 Å². The molecular formula is C32H22F3OP. The molecule has 37 heavy (non-hydrogen) atoms. The highest BCUT2D eigenvalue weighted by Gasteiger charge is 2.33. The van der Waals surface area contributed by atoms with E-state index < -0.39 is 24.6 Å². The van der Waals surface area contributed by atoms with Crippen LogP contribution >= 0.6 is 7.14 Å². The summed E-state index contributed by atoms with van der Waals surface area (Å²) in [6.07, 6.45) is 1.92. The number of rotatable bonds is 6. The third-order valence-electron chi connectivity index (χ3n) is 6.16. The molecule has 0 amide bonds. The molecule has 5 aromatic carbocycles. The summed E-state index contributed by atoms with van der Waals surface area (Å²) in [6, 6.07) is 34.0. The Hall–Kier alpha value is -4.14. The van der Waals surface area contributed by atoms with Crippen LogP contribution in [0.5, 0.6) is 0 Å². The lowest BCUT2D eigenvalue weighted by Crippen LogP contribution is -2.27. The van der Waals surface area contributed by atoms with Gasteiger partial charge in [-0.25, -0.2) is 13.2 Å². The fourth-order valence-corrected chi connectivity index (χ4v) is 7.18. The summed E-state index contributed by atoms with van der Waals surface area (Å²) in [5, 5.41) is 1.10. The zero-order valence-electron chi connectivity index (χ0n) is 19.7. The molecule has 0 bridgehead atoms. The van der Waals surface area contributed by atoms with Gasteiger partial charge in [0, 0.05) is 15.9 Å². The Morgan fingerprint density at radius 2 is 1.05 bits per heavy atom. The molecule has 0 aliphatic rings. The average Bonchev–Trinajstić information content (AvgIpc) is 2.93. The van der Waals surface area contributed by atoms with Crippen molar-refractivity contribution in [2.45, 2.75) is 0 Å². The van der Waals surface area contributed by atoms with Crippen molar-refractivity contribution >= 4 is 34.7 Å². The van der Waals surface area contributed by atoms with E-state index in [-0.39, 0.29) is 0 Å². The van der Waals surface area contributed by atoms with E-state index in [9.17, 15) is 13.2 Å². The van der Waals surface area contributed by atoms with Gasteiger partial charge in [0.15, 0.2) is 7.14 Å². The van der Waals surface area contributed by atoms with E-state index >= 15 is 4.57 Å². The van der Waals surface area contributed by atoms with E-state index in [0.29, 0.717) is 27.1 Å². The second-order valence-corrected chi connectivity index (χ2v) is 11.3. The fourth-order valence-electron chi connectivity index (χ4n) is 4.38. The van der Waals surface area contributed by atoms with Gasteiger partial charge in [0.2, 0.25) is 0 Å². The minimum absolute atomic E-state index is 0.362. The highest BCUT2D eigenvalue weighted by molar-refractivity contribution is 7.85. The molecule has 182 valence electrons. The second kappa shape index (κ2) is 10.5. The first-order valence-corrected chi connectivity index (χ1v) is 13.4. The second-order valence-electron chi connectivity index (χ2n) is 8.56. The standard InChI is InChI=1S/C32H22F3OP/c33-25-11-16-28(17-12-25)37(36,29-18-13-26(34)14-19-29)32-20-15-27(35)22-31(32)30(24-9-5-2-6-10-24)21-23-7-3-1-4-8-23/h1-22H/b30-21+. The van der Waals surface area contributed by atoms with E-state index in [1.807, 2.05) is 66.7 Å². The molecule has 0 heterocycles. The maximum atomic E-state index is 15.2. The van der Waals surface area contributed by atoms with E-state index in [0.717, 1.165) is 11.1 Å². The van der Waals surface area contributed by atoms with Crippen LogP contribution in [0.1, 0.15) is 16.7 Å². The molecule has 0 radical (unpaired) electrons. The number of hydrogen-bond acceptors (Lipinski definition) is 1. The largest absolute Gasteiger partial charge is 0.309 e. The van der Waals surface area contributed by atoms with Crippen LogP contribution < -0.4 is 15.9 Å². The Balaban J connectivity index is 1.84. The molecule has 5 rings (SSSR count). The topological polar surface area (TPSA) is 17.1 Å². The molecule has 5 aromatic rings. The predicted octanol–water partition coefficient (Wildman–Crippen LogP) is 7.33. The zero-order chi connectivity index (χ0) is 25.8. The van der Waals surface area contributed by atoms with Gasteiger partial charge in [-0.3, -0.25) is 0 Å². The maximum Gasteiger partial charge on any atom is 0.171 e. The monoisotopic (exact) mass is 510 g/mol. The minimum atomic E-state index is -3.69. The summed E-state index contributed by atoms with van der Waals surface area (Å²) < 4.78 is 57.7. The predicted molar refractivity (Wildman–Crippen MR) is 146 cm³/mol. The van der Waals surface area contributed by atoms with Crippen molar-refractivity contribution in [2.75, 3.05) is 0 Å². The molecular weight excluding hydrogens is 488 g/mol. The van der Waals surface area contributed by atoms with Crippen LogP contribution in [0.2, 0.25) is 0 Å². The highest BCUT2D eigenvalue weighted by Crippen LogP contribution is 2.45. The molecule has 0 atom stereocenters. The lowest BCUT2D eigenvalue weighted by molar-refractivity contribution is 0.592. The van der Waals surface area contributed by atoms with E-state index in [1.165, 1.54) is 66.7 Å². The lowest BCUT2D eigenvalue weighted by Gasteiger charge is -2.24. The summed E-state index contributed by atoms with van der Waals surface area (Å²) in [5.41, 5.74) is 2.80. The van der Waals surface area contributed by atoms with Crippen LogP contribution in [0.4, 0.5) is 13.2 Å². The van der Waals surface area contributed by atoms with Gasteiger partial charge in [-0.2, -0.15) is 0 Å². The molecule has 1 nitrogen and oxygen atoms in total. The molecule has 0 saturated heterocycles. The van der Waals surface area contributed by atoms with Crippen LogP contribution in [-0.2, 0) is 4.57 Å². The molecule has 0 saturated carbocycles. The van der Waals surface area contributed by atoms with Gasteiger partial charge in [-0.05, 0) is 95.1 Å². The molecule has 0 spiro atoms. The Morgan fingerprint density at radius 1 is 0.568 bits per heavy atom. The van der Waals surface area contributed by atoms with Gasteiger partial charge in [0.1, 0.15) is 17.5 Å². The van der Waals surface area contributed by atoms with Gasteiger partial charge < -0.3 is 4.57 Å². The van der Waals surface area contributed by atoms with Crippen molar-refractivity contribution in [3.63, 3.8) is 0 Å². The van der Waals surface area contributed by atoms with Crippen LogP contribution in [0.25, 0.3) is 11.6 Å². The normalized spacial score (nSPS) is 11.9. The van der Waals surface area contributed by atoms with Crippen LogP contribution in [-0.4, -0.2) is 0 Å². The first-order chi connectivity index (χ1) is 17.9. The molecule has 0 aliphatic heterocycles. The number of benzene rings is 5.